The third kappa shape index (κ3) is 2.88. The molecule has 1 aliphatic carbocycles. The Labute approximate surface area is 123 Å². The summed E-state index contributed by atoms with van der Waals surface area (Å²) in [6.45, 7) is 10.3. The van der Waals surface area contributed by atoms with Crippen LogP contribution in [-0.4, -0.2) is 36.5 Å². The smallest absolute Gasteiger partial charge is 0.223 e. The zero-order chi connectivity index (χ0) is 14.4. The predicted molar refractivity (Wildman–Crippen MR) is 81.5 cm³/mol. The van der Waals surface area contributed by atoms with Gasteiger partial charge >= 0.3 is 0 Å². The fourth-order valence-corrected chi connectivity index (χ4v) is 5.20. The third-order valence-corrected chi connectivity index (χ3v) is 5.66. The first-order valence-electron chi connectivity index (χ1n) is 8.37. The highest BCUT2D eigenvalue weighted by Crippen LogP contribution is 2.52. The van der Waals surface area contributed by atoms with Gasteiger partial charge in [0, 0.05) is 19.0 Å². The van der Waals surface area contributed by atoms with Crippen molar-refractivity contribution < 1.29 is 4.79 Å². The molecular weight excluding hydrogens is 248 g/mol. The SMILES string of the molecule is CC1(C)CC2CC(C)(CN2C(=O)CC2CCNCC2)C1. The van der Waals surface area contributed by atoms with E-state index in [1.165, 1.54) is 32.1 Å². The lowest BCUT2D eigenvalue weighted by Gasteiger charge is -2.39. The lowest BCUT2D eigenvalue weighted by molar-refractivity contribution is -0.133. The minimum atomic E-state index is 0.371. The van der Waals surface area contributed by atoms with Crippen molar-refractivity contribution in [2.75, 3.05) is 19.6 Å². The van der Waals surface area contributed by atoms with Gasteiger partial charge in [-0.15, -0.1) is 0 Å². The van der Waals surface area contributed by atoms with E-state index in [1.54, 1.807) is 0 Å². The molecule has 0 radical (unpaired) electrons. The molecule has 3 fully saturated rings. The highest BCUT2D eigenvalue weighted by molar-refractivity contribution is 5.77. The summed E-state index contributed by atoms with van der Waals surface area (Å²) < 4.78 is 0. The topological polar surface area (TPSA) is 32.3 Å². The average Bonchev–Trinajstić information content (AvgIpc) is 2.60. The molecule has 0 aromatic rings. The molecule has 0 aromatic heterocycles. The van der Waals surface area contributed by atoms with Crippen LogP contribution in [0, 0.1) is 16.7 Å². The predicted octanol–water partition coefficient (Wildman–Crippen LogP) is 2.80. The van der Waals surface area contributed by atoms with Crippen LogP contribution in [0.2, 0.25) is 0 Å². The Morgan fingerprint density at radius 3 is 2.60 bits per heavy atom. The number of fused-ring (bicyclic) bond motifs is 2. The number of hydrogen-bond acceptors (Lipinski definition) is 2. The first kappa shape index (κ1) is 14.4. The molecule has 0 aromatic carbocycles. The van der Waals surface area contributed by atoms with Crippen molar-refractivity contribution in [1.29, 1.82) is 0 Å². The Hall–Kier alpha value is -0.570. The second kappa shape index (κ2) is 5.01. The number of nitrogens with one attached hydrogen (secondary N) is 1. The van der Waals surface area contributed by atoms with Gasteiger partial charge in [0.05, 0.1) is 0 Å². The maximum absolute atomic E-state index is 12.7. The molecule has 2 aliphatic heterocycles. The van der Waals surface area contributed by atoms with E-state index in [1.807, 2.05) is 0 Å². The zero-order valence-electron chi connectivity index (χ0n) is 13.4. The monoisotopic (exact) mass is 278 g/mol. The molecule has 2 unspecified atom stereocenters. The summed E-state index contributed by atoms with van der Waals surface area (Å²) in [6.07, 6.45) is 6.83. The van der Waals surface area contributed by atoms with Gasteiger partial charge in [0.1, 0.15) is 0 Å². The molecule has 20 heavy (non-hydrogen) atoms. The molecule has 2 bridgehead atoms. The van der Waals surface area contributed by atoms with Crippen molar-refractivity contribution in [2.45, 2.75) is 65.3 Å². The third-order valence-electron chi connectivity index (χ3n) is 5.66. The number of nitrogens with zero attached hydrogens (tertiary/aromatic N) is 1. The molecule has 2 atom stereocenters. The number of hydrogen-bond donors (Lipinski definition) is 1. The van der Waals surface area contributed by atoms with Gasteiger partial charge in [-0.2, -0.15) is 0 Å². The summed E-state index contributed by atoms with van der Waals surface area (Å²) in [7, 11) is 0. The summed E-state index contributed by atoms with van der Waals surface area (Å²) in [4.78, 5) is 15.0. The molecular formula is C17H30N2O. The van der Waals surface area contributed by atoms with Crippen molar-refractivity contribution in [1.82, 2.24) is 10.2 Å². The number of likely N-dealkylation sites (tertiary alicyclic amines) is 1. The Kier molecular flexibility index (Phi) is 3.60. The van der Waals surface area contributed by atoms with Gasteiger partial charge in [0.15, 0.2) is 0 Å². The Bertz CT molecular complexity index is 386. The van der Waals surface area contributed by atoms with Gasteiger partial charge < -0.3 is 10.2 Å². The van der Waals surface area contributed by atoms with Crippen LogP contribution < -0.4 is 5.32 Å². The van der Waals surface area contributed by atoms with Crippen LogP contribution in [0.4, 0.5) is 0 Å². The number of carbonyl (C=O) groups is 1. The molecule has 1 saturated carbocycles. The van der Waals surface area contributed by atoms with E-state index in [0.717, 1.165) is 26.1 Å². The molecule has 2 saturated heterocycles. The quantitative estimate of drug-likeness (QED) is 0.842. The minimum absolute atomic E-state index is 0.371. The van der Waals surface area contributed by atoms with Crippen LogP contribution in [0.1, 0.15) is 59.3 Å². The highest BCUT2D eigenvalue weighted by atomic mass is 16.2. The van der Waals surface area contributed by atoms with E-state index in [-0.39, 0.29) is 0 Å². The Morgan fingerprint density at radius 2 is 1.90 bits per heavy atom. The second-order valence-corrected chi connectivity index (χ2v) is 8.63. The van der Waals surface area contributed by atoms with Gasteiger partial charge in [0.25, 0.3) is 0 Å². The molecule has 3 heteroatoms. The van der Waals surface area contributed by atoms with Gasteiger partial charge in [-0.05, 0) is 61.9 Å². The molecule has 1 N–H and O–H groups in total. The van der Waals surface area contributed by atoms with Crippen LogP contribution in [0.25, 0.3) is 0 Å². The van der Waals surface area contributed by atoms with Gasteiger partial charge in [-0.3, -0.25) is 4.79 Å². The molecule has 114 valence electrons. The van der Waals surface area contributed by atoms with Crippen molar-refractivity contribution in [3.05, 3.63) is 0 Å². The normalized spacial score (nSPS) is 37.1. The molecule has 3 rings (SSSR count). The average molecular weight is 278 g/mol. The maximum atomic E-state index is 12.7. The standard InChI is InChI=1S/C17H30N2O/c1-16(2)9-14-10-17(3,11-16)12-19(14)15(20)8-13-4-6-18-7-5-13/h13-14,18H,4-12H2,1-3H3. The van der Waals surface area contributed by atoms with E-state index in [0.29, 0.717) is 28.7 Å². The van der Waals surface area contributed by atoms with E-state index >= 15 is 0 Å². The van der Waals surface area contributed by atoms with Crippen molar-refractivity contribution in [3.8, 4) is 0 Å². The second-order valence-electron chi connectivity index (χ2n) is 8.63. The molecule has 2 heterocycles. The summed E-state index contributed by atoms with van der Waals surface area (Å²) in [5, 5.41) is 3.39. The van der Waals surface area contributed by atoms with Crippen molar-refractivity contribution >= 4 is 5.91 Å². The summed E-state index contributed by atoms with van der Waals surface area (Å²) in [6, 6.07) is 0.512. The molecule has 3 aliphatic rings. The van der Waals surface area contributed by atoms with Gasteiger partial charge in [-0.25, -0.2) is 0 Å². The fraction of sp³-hybridized carbons (Fsp3) is 0.941. The molecule has 3 nitrogen and oxygen atoms in total. The number of rotatable bonds is 2. The number of piperidine rings is 1. The lowest BCUT2D eigenvalue weighted by atomic mass is 9.65. The Balaban J connectivity index is 1.64. The minimum Gasteiger partial charge on any atom is -0.339 e. The van der Waals surface area contributed by atoms with Crippen LogP contribution in [-0.2, 0) is 4.79 Å². The van der Waals surface area contributed by atoms with E-state index < -0.39 is 0 Å². The Morgan fingerprint density at radius 1 is 1.20 bits per heavy atom. The van der Waals surface area contributed by atoms with Crippen LogP contribution in [0.3, 0.4) is 0 Å². The zero-order valence-corrected chi connectivity index (χ0v) is 13.4. The summed E-state index contributed by atoms with van der Waals surface area (Å²) in [5.74, 6) is 1.05. The van der Waals surface area contributed by atoms with E-state index in [2.05, 4.69) is 31.0 Å². The first-order valence-corrected chi connectivity index (χ1v) is 8.37. The van der Waals surface area contributed by atoms with Crippen molar-refractivity contribution in [2.24, 2.45) is 16.7 Å². The first-order chi connectivity index (χ1) is 9.37. The van der Waals surface area contributed by atoms with Gasteiger partial charge in [-0.1, -0.05) is 20.8 Å². The van der Waals surface area contributed by atoms with Crippen molar-refractivity contribution in [3.63, 3.8) is 0 Å². The lowest BCUT2D eigenvalue weighted by Crippen LogP contribution is -2.39. The van der Waals surface area contributed by atoms with E-state index in [9.17, 15) is 4.79 Å². The van der Waals surface area contributed by atoms with Crippen LogP contribution in [0.15, 0.2) is 0 Å². The maximum Gasteiger partial charge on any atom is 0.223 e. The van der Waals surface area contributed by atoms with E-state index in [4.69, 9.17) is 0 Å². The largest absolute Gasteiger partial charge is 0.339 e. The summed E-state index contributed by atoms with van der Waals surface area (Å²) in [5.41, 5.74) is 0.775. The van der Waals surface area contributed by atoms with Gasteiger partial charge in [0.2, 0.25) is 5.91 Å². The van der Waals surface area contributed by atoms with Crippen LogP contribution >= 0.6 is 0 Å². The number of amides is 1. The van der Waals surface area contributed by atoms with Crippen LogP contribution in [0.5, 0.6) is 0 Å². The highest BCUT2D eigenvalue weighted by Gasteiger charge is 2.50. The fourth-order valence-electron chi connectivity index (χ4n) is 5.20. The molecule has 1 amide bonds. The number of carbonyl (C=O) groups excluding carboxylic acids is 1. The molecule has 0 spiro atoms. The summed E-state index contributed by atoms with van der Waals surface area (Å²) >= 11 is 0.